The summed E-state index contributed by atoms with van der Waals surface area (Å²) < 4.78 is 36.2. The molecule has 5 nitrogen and oxygen atoms in total. The molecule has 2 aromatic rings. The molecule has 0 radical (unpaired) electrons. The molecule has 1 heterocycles. The number of halogens is 1. The number of benzene rings is 1. The van der Waals surface area contributed by atoms with Gasteiger partial charge in [0.05, 0.1) is 0 Å². The molecule has 0 saturated heterocycles. The fourth-order valence-corrected chi connectivity index (χ4v) is 1.49. The van der Waals surface area contributed by atoms with Crippen LogP contribution in [-0.2, 0) is 13.0 Å². The fraction of sp³-hybridized carbons (Fsp3) is 0.154. The molecule has 0 unspecified atom stereocenters. The van der Waals surface area contributed by atoms with Crippen LogP contribution in [0, 0.1) is 10.2 Å². The summed E-state index contributed by atoms with van der Waals surface area (Å²) >= 11 is 0. The zero-order chi connectivity index (χ0) is 14.1. The van der Waals surface area contributed by atoms with Crippen LogP contribution in [0.15, 0.2) is 60.9 Å². The molecule has 0 saturated carbocycles. The Kier molecular flexibility index (Phi) is 6.41. The Balaban J connectivity index is 0.000000312. The summed E-state index contributed by atoms with van der Waals surface area (Å²) in [5, 5.41) is 0. The quantitative estimate of drug-likeness (QED) is 0.580. The van der Waals surface area contributed by atoms with E-state index in [2.05, 4.69) is 59.4 Å². The highest BCUT2D eigenvalue weighted by Gasteiger charge is 1.98. The summed E-state index contributed by atoms with van der Waals surface area (Å²) in [5.41, 5.74) is 1.39. The average molecular weight is 284 g/mol. The molecular weight excluding hydrogens is 270 g/mol. The number of nitrogens with zero attached hydrogens (tertiary/aromatic N) is 1. The molecule has 0 atom stereocenters. The van der Waals surface area contributed by atoms with Crippen molar-refractivity contribution in [3.05, 3.63) is 66.5 Å². The maximum absolute atomic E-state index is 8.49. The van der Waals surface area contributed by atoms with Crippen molar-refractivity contribution in [2.24, 2.45) is 0 Å². The highest BCUT2D eigenvalue weighted by molar-refractivity contribution is 5.14. The van der Waals surface area contributed by atoms with Gasteiger partial charge in [0.2, 0.25) is 0 Å². The third kappa shape index (κ3) is 9.12. The molecule has 0 amide bonds. The maximum Gasteiger partial charge on any atom is 0.168 e. The molecule has 0 N–H and O–H groups in total. The normalized spacial score (nSPS) is 10.5. The lowest BCUT2D eigenvalue weighted by atomic mass is 10.1. The number of aryl methyl sites for hydroxylation is 2. The van der Waals surface area contributed by atoms with Gasteiger partial charge in [-0.05, 0) is 5.56 Å². The lowest BCUT2D eigenvalue weighted by molar-refractivity contribution is -2.00. The molecule has 0 aliphatic carbocycles. The van der Waals surface area contributed by atoms with Crippen molar-refractivity contribution < 1.29 is 33.4 Å². The number of rotatable bonds is 3. The fourth-order valence-electron chi connectivity index (χ4n) is 1.49. The minimum absolute atomic E-state index is 1.05. The molecule has 19 heavy (non-hydrogen) atoms. The predicted octanol–water partition coefficient (Wildman–Crippen LogP) is -2.54. The van der Waals surface area contributed by atoms with Crippen molar-refractivity contribution in [2.45, 2.75) is 13.0 Å². The zero-order valence-electron chi connectivity index (χ0n) is 10.1. The van der Waals surface area contributed by atoms with Gasteiger partial charge in [-0.25, -0.2) is 23.2 Å². The van der Waals surface area contributed by atoms with E-state index in [1.54, 1.807) is 0 Å². The summed E-state index contributed by atoms with van der Waals surface area (Å²) in [6, 6.07) is 16.7. The first-order chi connectivity index (χ1) is 8.95. The van der Waals surface area contributed by atoms with Gasteiger partial charge in [0, 0.05) is 18.6 Å². The van der Waals surface area contributed by atoms with Crippen molar-refractivity contribution in [1.82, 2.24) is 0 Å². The van der Waals surface area contributed by atoms with Crippen LogP contribution < -0.4 is 23.2 Å². The van der Waals surface area contributed by atoms with Gasteiger partial charge in [-0.15, -0.1) is 10.2 Å². The molecule has 102 valence electrons. The minimum Gasteiger partial charge on any atom is -0.222 e. The van der Waals surface area contributed by atoms with Crippen LogP contribution in [0.3, 0.4) is 0 Å². The summed E-state index contributed by atoms with van der Waals surface area (Å²) in [5.74, 6) is 0. The van der Waals surface area contributed by atoms with Crippen molar-refractivity contribution in [3.8, 4) is 0 Å². The molecule has 0 aliphatic rings. The highest BCUT2D eigenvalue weighted by atomic mass is 35.7. The number of aromatic nitrogens is 1. The molecule has 1 aromatic carbocycles. The van der Waals surface area contributed by atoms with Crippen molar-refractivity contribution in [1.29, 1.82) is 0 Å². The molecular formula is C13H14ClNO4. The molecule has 6 heteroatoms. The smallest absolute Gasteiger partial charge is 0.168 e. The van der Waals surface area contributed by atoms with E-state index in [0.717, 1.165) is 13.0 Å². The van der Waals surface area contributed by atoms with E-state index >= 15 is 0 Å². The second-order valence-corrected chi connectivity index (χ2v) is 4.48. The van der Waals surface area contributed by atoms with Crippen LogP contribution in [0.5, 0.6) is 0 Å². The van der Waals surface area contributed by atoms with E-state index in [1.165, 1.54) is 5.56 Å². The van der Waals surface area contributed by atoms with Gasteiger partial charge < -0.3 is 0 Å². The molecule has 0 bridgehead atoms. The molecule has 1 aromatic heterocycles. The molecule has 0 aliphatic heterocycles. The molecule has 2 rings (SSSR count). The standard InChI is InChI=1S/C13H14N.ClHO4/c1-3-7-13(8-4-1)9-12-14-10-5-2-6-11-14;2-1(3,4)5/h1-8,10-11H,9,12H2;(H,2,3,4,5)/q+1;/p-1. The molecule has 0 spiro atoms. The van der Waals surface area contributed by atoms with Crippen LogP contribution in [0.4, 0.5) is 0 Å². The number of hydrogen-bond acceptors (Lipinski definition) is 4. The van der Waals surface area contributed by atoms with Crippen LogP contribution in [0.2, 0.25) is 0 Å². The average Bonchev–Trinajstić information content (AvgIpc) is 2.37. The number of pyridine rings is 1. The Morgan fingerprint density at radius 1 is 0.789 bits per heavy atom. The van der Waals surface area contributed by atoms with Gasteiger partial charge in [-0.2, -0.15) is 0 Å². The SMILES string of the molecule is [O-][Cl+3]([O-])([O-])[O-].c1ccc(CC[n+]2ccccc2)cc1. The lowest BCUT2D eigenvalue weighted by Gasteiger charge is -2.17. The van der Waals surface area contributed by atoms with Gasteiger partial charge >= 0.3 is 0 Å². The van der Waals surface area contributed by atoms with E-state index in [9.17, 15) is 0 Å². The largest absolute Gasteiger partial charge is 0.222 e. The Hall–Kier alpha value is -1.50. The molecule has 0 fully saturated rings. The van der Waals surface area contributed by atoms with Gasteiger partial charge in [-0.3, -0.25) is 0 Å². The lowest BCUT2D eigenvalue weighted by Crippen LogP contribution is -2.68. The topological polar surface area (TPSA) is 96.1 Å². The Morgan fingerprint density at radius 2 is 1.26 bits per heavy atom. The van der Waals surface area contributed by atoms with Gasteiger partial charge in [0.15, 0.2) is 18.9 Å². The number of hydrogen-bond donors (Lipinski definition) is 0. The van der Waals surface area contributed by atoms with Crippen molar-refractivity contribution in [2.75, 3.05) is 0 Å². The summed E-state index contributed by atoms with van der Waals surface area (Å²) in [6.07, 6.45) is 5.29. The van der Waals surface area contributed by atoms with Crippen molar-refractivity contribution in [3.63, 3.8) is 0 Å². The van der Waals surface area contributed by atoms with Crippen LogP contribution in [0.1, 0.15) is 5.56 Å². The van der Waals surface area contributed by atoms with Gasteiger partial charge in [-0.1, -0.05) is 36.4 Å². The van der Waals surface area contributed by atoms with Gasteiger partial charge in [0.1, 0.15) is 0 Å². The van der Waals surface area contributed by atoms with Gasteiger partial charge in [0.25, 0.3) is 0 Å². The first kappa shape index (κ1) is 15.6. The van der Waals surface area contributed by atoms with E-state index in [-0.39, 0.29) is 0 Å². The van der Waals surface area contributed by atoms with E-state index in [1.807, 2.05) is 6.07 Å². The van der Waals surface area contributed by atoms with E-state index in [0.29, 0.717) is 0 Å². The van der Waals surface area contributed by atoms with Crippen LogP contribution >= 0.6 is 0 Å². The van der Waals surface area contributed by atoms with Crippen molar-refractivity contribution >= 4 is 0 Å². The predicted molar refractivity (Wildman–Crippen MR) is 56.8 cm³/mol. The second kappa shape index (κ2) is 7.83. The summed E-state index contributed by atoms with van der Waals surface area (Å²) in [7, 11) is -4.94. The van der Waals surface area contributed by atoms with E-state index < -0.39 is 10.2 Å². The highest BCUT2D eigenvalue weighted by Crippen LogP contribution is 1.98. The van der Waals surface area contributed by atoms with Crippen LogP contribution in [-0.4, -0.2) is 0 Å². The summed E-state index contributed by atoms with van der Waals surface area (Å²) in [6.45, 7) is 1.05. The van der Waals surface area contributed by atoms with E-state index in [4.69, 9.17) is 18.6 Å². The monoisotopic (exact) mass is 283 g/mol. The maximum atomic E-state index is 8.49. The zero-order valence-corrected chi connectivity index (χ0v) is 10.9. The third-order valence-corrected chi connectivity index (χ3v) is 2.28. The second-order valence-electron chi connectivity index (χ2n) is 3.73. The Bertz CT molecular complexity index is 414. The minimum atomic E-state index is -4.94. The first-order valence-electron chi connectivity index (χ1n) is 5.55. The van der Waals surface area contributed by atoms with Crippen LogP contribution in [0.25, 0.3) is 0 Å². The Morgan fingerprint density at radius 3 is 1.79 bits per heavy atom. The Labute approximate surface area is 113 Å². The summed E-state index contributed by atoms with van der Waals surface area (Å²) in [4.78, 5) is 0. The first-order valence-corrected chi connectivity index (χ1v) is 6.78. The third-order valence-electron chi connectivity index (χ3n) is 2.28.